The molecule has 0 aromatic heterocycles. The van der Waals surface area contributed by atoms with Crippen molar-refractivity contribution in [2.75, 3.05) is 28.4 Å². The second-order valence-electron chi connectivity index (χ2n) is 9.26. The Morgan fingerprint density at radius 3 is 1.75 bits per heavy atom. The number of aliphatic hydroxyl groups is 4. The van der Waals surface area contributed by atoms with Crippen LogP contribution in [0.5, 0.6) is 0 Å². The molecule has 1 heterocycles. The fraction of sp³-hybridized carbons (Fsp3) is 0.750. The first-order valence-corrected chi connectivity index (χ1v) is 11.4. The van der Waals surface area contributed by atoms with Crippen molar-refractivity contribution in [2.24, 2.45) is 0 Å². The molecule has 0 amide bonds. The standard InChI is InChI=1S/C11H16O5.C8H12O5.C5H12O2/c1-11(2)15-8-5-6(10(13)14-3)4-7(12)9(8)16-11;1-13-8(12)4-2-5(9)7(11)6(10)3-4;1-5(2,6-3)7-4/h5,7-9,12H,4H2,1-3H3;2,5-7,9-11H,3H2,1H3;1-4H3/t7-,8-,9+;5-,6-,7-;/m11./s1. The van der Waals surface area contributed by atoms with Gasteiger partial charge in [-0.05, 0) is 39.8 Å². The van der Waals surface area contributed by atoms with Crippen molar-refractivity contribution in [3.63, 3.8) is 0 Å². The van der Waals surface area contributed by atoms with Crippen LogP contribution in [-0.2, 0) is 38.0 Å². The maximum Gasteiger partial charge on any atom is 0.333 e. The number of carbonyl (C=O) groups is 2. The zero-order chi connectivity index (χ0) is 27.8. The van der Waals surface area contributed by atoms with E-state index >= 15 is 0 Å². The number of ether oxygens (including phenoxy) is 6. The summed E-state index contributed by atoms with van der Waals surface area (Å²) in [5, 5.41) is 37.4. The van der Waals surface area contributed by atoms with Gasteiger partial charge in [0.1, 0.15) is 24.4 Å². The van der Waals surface area contributed by atoms with E-state index in [1.165, 1.54) is 20.3 Å². The first-order valence-electron chi connectivity index (χ1n) is 11.4. The fourth-order valence-corrected chi connectivity index (χ4v) is 3.45. The minimum atomic E-state index is -1.23. The molecule has 4 N–H and O–H groups in total. The summed E-state index contributed by atoms with van der Waals surface area (Å²) in [6.45, 7) is 7.27. The topological polar surface area (TPSA) is 170 Å². The number of methoxy groups -OCH3 is 4. The number of rotatable bonds is 4. The molecule has 36 heavy (non-hydrogen) atoms. The Kier molecular flexibility index (Phi) is 12.1. The summed E-state index contributed by atoms with van der Waals surface area (Å²) < 4.78 is 29.9. The van der Waals surface area contributed by atoms with E-state index in [0.717, 1.165) is 0 Å². The largest absolute Gasteiger partial charge is 0.466 e. The third kappa shape index (κ3) is 9.20. The molecule has 0 saturated carbocycles. The Bertz CT molecular complexity index is 797. The number of hydrogen-bond donors (Lipinski definition) is 4. The first-order chi connectivity index (χ1) is 16.6. The van der Waals surface area contributed by atoms with Crippen LogP contribution < -0.4 is 0 Å². The van der Waals surface area contributed by atoms with Crippen LogP contribution in [0.3, 0.4) is 0 Å². The molecule has 1 fully saturated rings. The van der Waals surface area contributed by atoms with Crippen molar-refractivity contribution in [3.05, 3.63) is 23.3 Å². The Hall–Kier alpha value is -1.90. The monoisotopic (exact) mass is 520 g/mol. The Balaban J connectivity index is 0.000000292. The van der Waals surface area contributed by atoms with Gasteiger partial charge in [0, 0.05) is 38.2 Å². The van der Waals surface area contributed by atoms with Gasteiger partial charge in [0.2, 0.25) is 0 Å². The van der Waals surface area contributed by atoms with Crippen LogP contribution >= 0.6 is 0 Å². The van der Waals surface area contributed by atoms with Crippen LogP contribution in [0, 0.1) is 0 Å². The molecule has 0 aromatic rings. The van der Waals surface area contributed by atoms with Crippen LogP contribution in [-0.4, -0.2) is 109 Å². The van der Waals surface area contributed by atoms with Crippen molar-refractivity contribution in [3.8, 4) is 0 Å². The lowest BCUT2D eigenvalue weighted by Gasteiger charge is -2.26. The average Bonchev–Trinajstić information content (AvgIpc) is 3.16. The van der Waals surface area contributed by atoms with Gasteiger partial charge in [-0.1, -0.05) is 0 Å². The van der Waals surface area contributed by atoms with Crippen LogP contribution in [0.4, 0.5) is 0 Å². The number of esters is 2. The molecule has 0 radical (unpaired) electrons. The molecule has 6 atom stereocenters. The molecule has 3 rings (SSSR count). The van der Waals surface area contributed by atoms with Gasteiger partial charge in [-0.25, -0.2) is 9.59 Å². The second-order valence-corrected chi connectivity index (χ2v) is 9.26. The highest BCUT2D eigenvalue weighted by Crippen LogP contribution is 2.36. The minimum Gasteiger partial charge on any atom is -0.466 e. The summed E-state index contributed by atoms with van der Waals surface area (Å²) in [6, 6.07) is 0. The van der Waals surface area contributed by atoms with Crippen LogP contribution in [0.15, 0.2) is 23.3 Å². The summed E-state index contributed by atoms with van der Waals surface area (Å²) >= 11 is 0. The van der Waals surface area contributed by atoms with Crippen molar-refractivity contribution in [1.29, 1.82) is 0 Å². The molecule has 208 valence electrons. The molecule has 2 aliphatic carbocycles. The van der Waals surface area contributed by atoms with E-state index in [2.05, 4.69) is 9.47 Å². The van der Waals surface area contributed by atoms with Crippen LogP contribution in [0.2, 0.25) is 0 Å². The van der Waals surface area contributed by atoms with E-state index < -0.39 is 54.0 Å². The molecule has 1 saturated heterocycles. The molecular formula is C24H40O12. The van der Waals surface area contributed by atoms with Gasteiger partial charge < -0.3 is 48.8 Å². The van der Waals surface area contributed by atoms with Gasteiger partial charge in [-0.15, -0.1) is 0 Å². The molecule has 0 bridgehead atoms. The zero-order valence-corrected chi connectivity index (χ0v) is 22.1. The molecule has 12 nitrogen and oxygen atoms in total. The summed E-state index contributed by atoms with van der Waals surface area (Å²) in [5.41, 5.74) is 0.630. The van der Waals surface area contributed by atoms with Crippen molar-refractivity contribution in [2.45, 2.75) is 88.7 Å². The van der Waals surface area contributed by atoms with E-state index in [1.54, 1.807) is 34.1 Å². The van der Waals surface area contributed by atoms with Crippen molar-refractivity contribution >= 4 is 11.9 Å². The third-order valence-corrected chi connectivity index (χ3v) is 5.76. The maximum absolute atomic E-state index is 11.4. The summed E-state index contributed by atoms with van der Waals surface area (Å²) in [5.74, 6) is -2.16. The van der Waals surface area contributed by atoms with E-state index in [1.807, 2.05) is 13.8 Å². The molecular weight excluding hydrogens is 480 g/mol. The first kappa shape index (κ1) is 32.1. The lowest BCUT2D eigenvalue weighted by molar-refractivity contribution is -0.178. The van der Waals surface area contributed by atoms with Crippen LogP contribution in [0.1, 0.15) is 40.5 Å². The summed E-state index contributed by atoms with van der Waals surface area (Å²) in [7, 11) is 5.76. The highest BCUT2D eigenvalue weighted by atomic mass is 16.8. The van der Waals surface area contributed by atoms with Gasteiger partial charge in [-0.3, -0.25) is 0 Å². The molecule has 3 aliphatic rings. The van der Waals surface area contributed by atoms with E-state index in [0.29, 0.717) is 5.57 Å². The Labute approximate surface area is 211 Å². The van der Waals surface area contributed by atoms with Gasteiger partial charge in [-0.2, -0.15) is 0 Å². The maximum atomic E-state index is 11.4. The number of hydrogen-bond acceptors (Lipinski definition) is 12. The lowest BCUT2D eigenvalue weighted by atomic mass is 9.92. The number of fused-ring (bicyclic) bond motifs is 1. The van der Waals surface area contributed by atoms with Crippen molar-refractivity contribution in [1.82, 2.24) is 0 Å². The normalized spacial score (nSPS) is 30.8. The van der Waals surface area contributed by atoms with Gasteiger partial charge >= 0.3 is 11.9 Å². The number of carbonyl (C=O) groups excluding carboxylic acids is 2. The fourth-order valence-electron chi connectivity index (χ4n) is 3.45. The highest BCUT2D eigenvalue weighted by molar-refractivity contribution is 5.89. The third-order valence-electron chi connectivity index (χ3n) is 5.76. The van der Waals surface area contributed by atoms with E-state index in [9.17, 15) is 19.8 Å². The number of aliphatic hydroxyl groups excluding tert-OH is 4. The zero-order valence-electron chi connectivity index (χ0n) is 22.1. The molecule has 0 unspecified atom stereocenters. The minimum absolute atomic E-state index is 0.00486. The van der Waals surface area contributed by atoms with Crippen molar-refractivity contribution < 1.29 is 58.4 Å². The Morgan fingerprint density at radius 2 is 1.33 bits per heavy atom. The quantitative estimate of drug-likeness (QED) is 0.288. The molecule has 0 spiro atoms. The molecule has 0 aromatic carbocycles. The summed E-state index contributed by atoms with van der Waals surface area (Å²) in [4.78, 5) is 22.3. The predicted octanol–water partition coefficient (Wildman–Crippen LogP) is -0.0420. The second kappa shape index (κ2) is 13.6. The molecule has 1 aliphatic heterocycles. The van der Waals surface area contributed by atoms with Gasteiger partial charge in [0.25, 0.3) is 0 Å². The van der Waals surface area contributed by atoms with E-state index in [-0.39, 0.29) is 24.5 Å². The van der Waals surface area contributed by atoms with E-state index in [4.69, 9.17) is 29.2 Å². The molecule has 12 heteroatoms. The highest BCUT2D eigenvalue weighted by Gasteiger charge is 2.47. The lowest BCUT2D eigenvalue weighted by Crippen LogP contribution is -2.40. The van der Waals surface area contributed by atoms with Crippen LogP contribution in [0.25, 0.3) is 0 Å². The SMILES string of the molecule is COC(=O)C1=C[C@@H](O)[C@@H](O)[C@H](O)C1.COC(=O)C1=C[C@H]2OC(C)(C)O[C@H]2[C@H](O)C1.COC(C)(C)OC. The smallest absolute Gasteiger partial charge is 0.333 e. The van der Waals surface area contributed by atoms with Gasteiger partial charge in [0.15, 0.2) is 11.6 Å². The Morgan fingerprint density at radius 1 is 0.861 bits per heavy atom. The van der Waals surface area contributed by atoms with Gasteiger partial charge in [0.05, 0.1) is 26.4 Å². The predicted molar refractivity (Wildman–Crippen MR) is 125 cm³/mol. The summed E-state index contributed by atoms with van der Waals surface area (Å²) in [6.07, 6.45) is -1.94. The average molecular weight is 521 g/mol.